The minimum absolute atomic E-state index is 0.167. The van der Waals surface area contributed by atoms with Crippen LogP contribution in [0.1, 0.15) is 60.6 Å². The molecule has 0 saturated carbocycles. The second-order valence-electron chi connectivity index (χ2n) is 8.76. The number of sulfonamides is 1. The zero-order chi connectivity index (χ0) is 23.6. The molecule has 2 aromatic carbocycles. The van der Waals surface area contributed by atoms with Gasteiger partial charge in [-0.25, -0.2) is 8.42 Å². The van der Waals surface area contributed by atoms with Gasteiger partial charge in [0.1, 0.15) is 11.4 Å². The molecule has 0 aromatic heterocycles. The number of hydrogen-bond donors (Lipinski definition) is 1. The highest BCUT2D eigenvalue weighted by Crippen LogP contribution is 2.42. The molecule has 1 fully saturated rings. The predicted molar refractivity (Wildman–Crippen MR) is 126 cm³/mol. The Kier molecular flexibility index (Phi) is 6.79. The molecule has 2 heterocycles. The number of nitrogens with zero attached hydrogens (tertiary/aromatic N) is 1. The Labute approximate surface area is 196 Å². The molecule has 1 saturated heterocycles. The second kappa shape index (κ2) is 9.44. The molecule has 1 amide bonds. The van der Waals surface area contributed by atoms with Crippen molar-refractivity contribution in [3.63, 3.8) is 0 Å². The van der Waals surface area contributed by atoms with Gasteiger partial charge in [0, 0.05) is 30.6 Å². The largest absolute Gasteiger partial charge is 0.487 e. The summed E-state index contributed by atoms with van der Waals surface area (Å²) in [6.07, 6.45) is 2.32. The number of morpholine rings is 1. The van der Waals surface area contributed by atoms with E-state index < -0.39 is 10.0 Å². The Balaban J connectivity index is 1.62. The number of ether oxygens (including phenoxy) is 2. The maximum Gasteiger partial charge on any atom is 0.251 e. The molecule has 8 heteroatoms. The van der Waals surface area contributed by atoms with E-state index in [0.29, 0.717) is 43.9 Å². The van der Waals surface area contributed by atoms with Gasteiger partial charge < -0.3 is 14.8 Å². The molecule has 0 bridgehead atoms. The molecule has 33 heavy (non-hydrogen) atoms. The number of carbonyl (C=O) groups excluding carboxylic acids is 1. The molecule has 1 N–H and O–H groups in total. The molecule has 1 atom stereocenters. The quantitative estimate of drug-likeness (QED) is 0.691. The number of aryl methyl sites for hydroxylation is 1. The lowest BCUT2D eigenvalue weighted by Crippen LogP contribution is -2.44. The normalized spacial score (nSPS) is 20.5. The minimum Gasteiger partial charge on any atom is -0.487 e. The first kappa shape index (κ1) is 23.7. The van der Waals surface area contributed by atoms with Gasteiger partial charge in [0.15, 0.2) is 0 Å². The summed E-state index contributed by atoms with van der Waals surface area (Å²) in [7, 11) is -3.70. The summed E-state index contributed by atoms with van der Waals surface area (Å²) in [5.41, 5.74) is 1.54. The maximum atomic E-state index is 13.3. The highest BCUT2D eigenvalue weighted by atomic mass is 32.2. The van der Waals surface area contributed by atoms with Crippen LogP contribution in [0.25, 0.3) is 0 Å². The Morgan fingerprint density at radius 3 is 2.52 bits per heavy atom. The minimum atomic E-state index is -3.70. The highest BCUT2D eigenvalue weighted by molar-refractivity contribution is 7.89. The van der Waals surface area contributed by atoms with E-state index in [-0.39, 0.29) is 22.4 Å². The SMILES string of the molecule is CCC1(CC)C[C@H](NC(=O)c2ccc(C)c(S(=O)(=O)N3CCOCC3)c2)c2ccccc2O1. The van der Waals surface area contributed by atoms with Crippen molar-refractivity contribution in [2.75, 3.05) is 26.3 Å². The van der Waals surface area contributed by atoms with Crippen LogP contribution >= 0.6 is 0 Å². The third kappa shape index (κ3) is 4.65. The highest BCUT2D eigenvalue weighted by Gasteiger charge is 2.39. The van der Waals surface area contributed by atoms with Crippen molar-refractivity contribution in [1.82, 2.24) is 9.62 Å². The lowest BCUT2D eigenvalue weighted by molar-refractivity contribution is 0.0227. The van der Waals surface area contributed by atoms with Crippen molar-refractivity contribution >= 4 is 15.9 Å². The number of para-hydroxylation sites is 1. The van der Waals surface area contributed by atoms with Crippen molar-refractivity contribution < 1.29 is 22.7 Å². The summed E-state index contributed by atoms with van der Waals surface area (Å²) in [6, 6.07) is 12.4. The van der Waals surface area contributed by atoms with Gasteiger partial charge in [-0.3, -0.25) is 4.79 Å². The van der Waals surface area contributed by atoms with Gasteiger partial charge in [0.25, 0.3) is 5.91 Å². The second-order valence-corrected chi connectivity index (χ2v) is 10.7. The Bertz CT molecular complexity index is 1120. The topological polar surface area (TPSA) is 84.9 Å². The third-order valence-corrected chi connectivity index (χ3v) is 8.87. The van der Waals surface area contributed by atoms with Gasteiger partial charge >= 0.3 is 0 Å². The van der Waals surface area contributed by atoms with Crippen molar-refractivity contribution in [2.45, 2.75) is 56.6 Å². The number of hydrogen-bond acceptors (Lipinski definition) is 5. The van der Waals surface area contributed by atoms with Crippen LogP contribution < -0.4 is 10.1 Å². The van der Waals surface area contributed by atoms with Crippen LogP contribution in [-0.4, -0.2) is 50.5 Å². The van der Waals surface area contributed by atoms with E-state index in [1.807, 2.05) is 24.3 Å². The smallest absolute Gasteiger partial charge is 0.251 e. The van der Waals surface area contributed by atoms with Crippen molar-refractivity contribution in [1.29, 1.82) is 0 Å². The molecule has 0 spiro atoms. The molecular weight excluding hydrogens is 440 g/mol. The standard InChI is InChI=1S/C25H32N2O5S/c1-4-25(5-2)17-21(20-8-6-7-9-22(20)32-25)26-24(28)19-11-10-18(3)23(16-19)33(29,30)27-12-14-31-15-13-27/h6-11,16,21H,4-5,12-15,17H2,1-3H3,(H,26,28)/t21-/m0/s1. The molecule has 0 unspecified atom stereocenters. The van der Waals surface area contributed by atoms with Crippen LogP contribution in [0.2, 0.25) is 0 Å². The molecule has 2 aliphatic heterocycles. The van der Waals surface area contributed by atoms with E-state index in [9.17, 15) is 13.2 Å². The van der Waals surface area contributed by atoms with E-state index in [0.717, 1.165) is 24.2 Å². The summed E-state index contributed by atoms with van der Waals surface area (Å²) in [5.74, 6) is 0.494. The fourth-order valence-electron chi connectivity index (χ4n) is 4.62. The lowest BCUT2D eigenvalue weighted by atomic mass is 9.83. The van der Waals surface area contributed by atoms with Crippen molar-refractivity contribution in [2.24, 2.45) is 0 Å². The first-order valence-electron chi connectivity index (χ1n) is 11.6. The van der Waals surface area contributed by atoms with Gasteiger partial charge in [-0.05, 0) is 43.5 Å². The zero-order valence-electron chi connectivity index (χ0n) is 19.5. The third-order valence-electron chi connectivity index (χ3n) is 6.83. The Morgan fingerprint density at radius 2 is 1.82 bits per heavy atom. The summed E-state index contributed by atoms with van der Waals surface area (Å²) >= 11 is 0. The first-order chi connectivity index (χ1) is 15.8. The zero-order valence-corrected chi connectivity index (χ0v) is 20.3. The van der Waals surface area contributed by atoms with Gasteiger partial charge in [-0.1, -0.05) is 38.1 Å². The van der Waals surface area contributed by atoms with E-state index in [1.54, 1.807) is 19.1 Å². The predicted octanol–water partition coefficient (Wildman–Crippen LogP) is 3.83. The van der Waals surface area contributed by atoms with Gasteiger partial charge in [-0.15, -0.1) is 0 Å². The van der Waals surface area contributed by atoms with Crippen LogP contribution in [0.5, 0.6) is 5.75 Å². The van der Waals surface area contributed by atoms with E-state index in [1.165, 1.54) is 10.4 Å². The summed E-state index contributed by atoms with van der Waals surface area (Å²) < 4.78 is 39.5. The first-order valence-corrected chi connectivity index (χ1v) is 13.0. The fraction of sp³-hybridized carbons (Fsp3) is 0.480. The van der Waals surface area contributed by atoms with E-state index in [4.69, 9.17) is 9.47 Å². The van der Waals surface area contributed by atoms with Crippen LogP contribution in [0.15, 0.2) is 47.4 Å². The van der Waals surface area contributed by atoms with Gasteiger partial charge in [0.05, 0.1) is 24.2 Å². The molecule has 0 radical (unpaired) electrons. The molecule has 4 rings (SSSR count). The number of fused-ring (bicyclic) bond motifs is 1. The number of carbonyl (C=O) groups is 1. The van der Waals surface area contributed by atoms with E-state index >= 15 is 0 Å². The average molecular weight is 473 g/mol. The number of benzene rings is 2. The van der Waals surface area contributed by atoms with Gasteiger partial charge in [-0.2, -0.15) is 4.31 Å². The number of rotatable bonds is 6. The van der Waals surface area contributed by atoms with Crippen molar-refractivity contribution in [3.05, 3.63) is 59.2 Å². The Morgan fingerprint density at radius 1 is 1.12 bits per heavy atom. The molecular formula is C25H32N2O5S. The fourth-order valence-corrected chi connectivity index (χ4v) is 6.28. The average Bonchev–Trinajstić information content (AvgIpc) is 2.84. The summed E-state index contributed by atoms with van der Waals surface area (Å²) in [6.45, 7) is 7.31. The molecule has 2 aromatic rings. The molecule has 0 aliphatic carbocycles. The van der Waals surface area contributed by atoms with Crippen LogP contribution in [0, 0.1) is 6.92 Å². The Hall–Kier alpha value is -2.42. The molecule has 2 aliphatic rings. The van der Waals surface area contributed by atoms with Crippen LogP contribution in [-0.2, 0) is 14.8 Å². The molecule has 178 valence electrons. The number of amides is 1. The van der Waals surface area contributed by atoms with E-state index in [2.05, 4.69) is 19.2 Å². The van der Waals surface area contributed by atoms with Gasteiger partial charge in [0.2, 0.25) is 10.0 Å². The van der Waals surface area contributed by atoms with Crippen molar-refractivity contribution in [3.8, 4) is 5.75 Å². The lowest BCUT2D eigenvalue weighted by Gasteiger charge is -2.41. The summed E-state index contributed by atoms with van der Waals surface area (Å²) in [5, 5.41) is 3.15. The monoisotopic (exact) mass is 472 g/mol. The maximum absolute atomic E-state index is 13.3. The van der Waals surface area contributed by atoms with Crippen LogP contribution in [0.4, 0.5) is 0 Å². The molecule has 7 nitrogen and oxygen atoms in total. The summed E-state index contributed by atoms with van der Waals surface area (Å²) in [4.78, 5) is 13.5. The number of nitrogens with one attached hydrogen (secondary N) is 1. The van der Waals surface area contributed by atoms with Crippen LogP contribution in [0.3, 0.4) is 0 Å².